The Morgan fingerprint density at radius 1 is 1.40 bits per heavy atom. The summed E-state index contributed by atoms with van der Waals surface area (Å²) in [5, 5.41) is 16.9. The zero-order chi connectivity index (χ0) is 14.5. The summed E-state index contributed by atoms with van der Waals surface area (Å²) in [6, 6.07) is 9.38. The Bertz CT molecular complexity index is 566. The van der Waals surface area contributed by atoms with Crippen molar-refractivity contribution in [1.29, 1.82) is 0 Å². The molecule has 0 saturated heterocycles. The highest BCUT2D eigenvalue weighted by Crippen LogP contribution is 2.07. The molecule has 1 heterocycles. The average molecular weight is 273 g/mol. The minimum atomic E-state index is -0.627. The van der Waals surface area contributed by atoms with E-state index in [2.05, 4.69) is 10.4 Å². The lowest BCUT2D eigenvalue weighted by Gasteiger charge is -2.20. The van der Waals surface area contributed by atoms with E-state index in [0.717, 1.165) is 5.56 Å². The van der Waals surface area contributed by atoms with E-state index in [4.69, 9.17) is 0 Å². The lowest BCUT2D eigenvalue weighted by molar-refractivity contribution is 0.0851. The van der Waals surface area contributed by atoms with Crippen molar-refractivity contribution >= 4 is 5.91 Å². The number of aryl methyl sites for hydroxylation is 1. The van der Waals surface area contributed by atoms with Crippen LogP contribution in [0.5, 0.6) is 0 Å². The molecule has 0 radical (unpaired) electrons. The second-order valence-electron chi connectivity index (χ2n) is 4.92. The van der Waals surface area contributed by atoms with Gasteiger partial charge in [0.15, 0.2) is 0 Å². The van der Waals surface area contributed by atoms with Crippen LogP contribution in [0.1, 0.15) is 22.8 Å². The second kappa shape index (κ2) is 6.34. The van der Waals surface area contributed by atoms with E-state index >= 15 is 0 Å². The van der Waals surface area contributed by atoms with Crippen LogP contribution in [0.25, 0.3) is 0 Å². The van der Waals surface area contributed by atoms with Gasteiger partial charge in [-0.2, -0.15) is 5.10 Å². The number of hydrogen-bond acceptors (Lipinski definition) is 3. The first-order valence-electron chi connectivity index (χ1n) is 6.58. The van der Waals surface area contributed by atoms with Crippen LogP contribution >= 0.6 is 0 Å². The highest BCUT2D eigenvalue weighted by molar-refractivity contribution is 5.93. The van der Waals surface area contributed by atoms with E-state index in [0.29, 0.717) is 12.0 Å². The number of nitrogens with one attached hydrogen (secondary N) is 1. The molecule has 2 rings (SSSR count). The van der Waals surface area contributed by atoms with Crippen LogP contribution in [0.2, 0.25) is 0 Å². The highest BCUT2D eigenvalue weighted by Gasteiger charge is 2.18. The van der Waals surface area contributed by atoms with Gasteiger partial charge in [-0.05, 0) is 12.5 Å². The molecule has 2 unspecified atom stereocenters. The molecule has 5 nitrogen and oxygen atoms in total. The molecule has 0 aliphatic rings. The fraction of sp³-hybridized carbons (Fsp3) is 0.333. The minimum absolute atomic E-state index is 0.224. The summed E-state index contributed by atoms with van der Waals surface area (Å²) < 4.78 is 1.57. The number of benzene rings is 1. The second-order valence-corrected chi connectivity index (χ2v) is 4.92. The Labute approximate surface area is 118 Å². The van der Waals surface area contributed by atoms with Gasteiger partial charge < -0.3 is 10.4 Å². The fourth-order valence-electron chi connectivity index (χ4n) is 1.96. The molecular weight excluding hydrogens is 254 g/mol. The summed E-state index contributed by atoms with van der Waals surface area (Å²) in [6.45, 7) is 1.79. The number of aliphatic hydroxyl groups excluding tert-OH is 1. The van der Waals surface area contributed by atoms with Crippen LogP contribution < -0.4 is 5.32 Å². The zero-order valence-electron chi connectivity index (χ0n) is 11.7. The SMILES string of the molecule is CC(NC(=O)c1cnn(C)c1)C(O)Cc1ccccc1. The maximum atomic E-state index is 11.9. The van der Waals surface area contributed by atoms with Crippen molar-refractivity contribution in [3.05, 3.63) is 53.9 Å². The highest BCUT2D eigenvalue weighted by atomic mass is 16.3. The fourth-order valence-corrected chi connectivity index (χ4v) is 1.96. The van der Waals surface area contributed by atoms with Crippen molar-refractivity contribution in [2.24, 2.45) is 7.05 Å². The van der Waals surface area contributed by atoms with Gasteiger partial charge in [0.05, 0.1) is 23.9 Å². The number of hydrogen-bond donors (Lipinski definition) is 2. The quantitative estimate of drug-likeness (QED) is 0.858. The first-order valence-corrected chi connectivity index (χ1v) is 6.58. The van der Waals surface area contributed by atoms with Gasteiger partial charge in [-0.15, -0.1) is 0 Å². The molecule has 2 N–H and O–H groups in total. The lowest BCUT2D eigenvalue weighted by Crippen LogP contribution is -2.42. The van der Waals surface area contributed by atoms with Crippen molar-refractivity contribution in [2.75, 3.05) is 0 Å². The molecule has 1 amide bonds. The van der Waals surface area contributed by atoms with Gasteiger partial charge in [0, 0.05) is 19.7 Å². The van der Waals surface area contributed by atoms with Crippen molar-refractivity contribution in [2.45, 2.75) is 25.5 Å². The smallest absolute Gasteiger partial charge is 0.254 e. The summed E-state index contributed by atoms with van der Waals surface area (Å²) in [6.07, 6.45) is 3.03. The molecular formula is C15H19N3O2. The first kappa shape index (κ1) is 14.3. The van der Waals surface area contributed by atoms with Gasteiger partial charge in [-0.1, -0.05) is 30.3 Å². The standard InChI is InChI=1S/C15H19N3O2/c1-11(14(19)8-12-6-4-3-5-7-12)17-15(20)13-9-16-18(2)10-13/h3-7,9-11,14,19H,8H2,1-2H3,(H,17,20). The molecule has 106 valence electrons. The van der Waals surface area contributed by atoms with Crippen molar-refractivity contribution in [3.8, 4) is 0 Å². The van der Waals surface area contributed by atoms with Crippen LogP contribution in [-0.4, -0.2) is 32.9 Å². The summed E-state index contributed by atoms with van der Waals surface area (Å²) >= 11 is 0. The molecule has 20 heavy (non-hydrogen) atoms. The van der Waals surface area contributed by atoms with Crippen LogP contribution in [0, 0.1) is 0 Å². The minimum Gasteiger partial charge on any atom is -0.391 e. The van der Waals surface area contributed by atoms with Crippen molar-refractivity contribution in [3.63, 3.8) is 0 Å². The topological polar surface area (TPSA) is 67.2 Å². The van der Waals surface area contributed by atoms with E-state index in [-0.39, 0.29) is 11.9 Å². The Morgan fingerprint density at radius 3 is 2.70 bits per heavy atom. The summed E-state index contributed by atoms with van der Waals surface area (Å²) in [5.41, 5.74) is 1.54. The molecule has 0 aliphatic carbocycles. The molecule has 1 aromatic carbocycles. The van der Waals surface area contributed by atoms with Crippen LogP contribution in [0.15, 0.2) is 42.7 Å². The van der Waals surface area contributed by atoms with Gasteiger partial charge in [0.1, 0.15) is 0 Å². The normalized spacial score (nSPS) is 13.8. The number of rotatable bonds is 5. The number of aliphatic hydroxyl groups is 1. The van der Waals surface area contributed by atoms with E-state index in [9.17, 15) is 9.90 Å². The maximum absolute atomic E-state index is 11.9. The Hall–Kier alpha value is -2.14. The van der Waals surface area contributed by atoms with Crippen molar-refractivity contribution < 1.29 is 9.90 Å². The number of aromatic nitrogens is 2. The monoisotopic (exact) mass is 273 g/mol. The molecule has 5 heteroatoms. The van der Waals surface area contributed by atoms with E-state index < -0.39 is 6.10 Å². The van der Waals surface area contributed by atoms with Crippen LogP contribution in [0.4, 0.5) is 0 Å². The predicted octanol–water partition coefficient (Wildman–Crippen LogP) is 1.14. The third-order valence-corrected chi connectivity index (χ3v) is 3.19. The first-order chi connectivity index (χ1) is 9.56. The molecule has 0 spiro atoms. The third kappa shape index (κ3) is 3.68. The maximum Gasteiger partial charge on any atom is 0.254 e. The number of carbonyl (C=O) groups excluding carboxylic acids is 1. The molecule has 2 atom stereocenters. The van der Waals surface area contributed by atoms with E-state index in [1.54, 1.807) is 24.9 Å². The third-order valence-electron chi connectivity index (χ3n) is 3.19. The Balaban J connectivity index is 1.91. The predicted molar refractivity (Wildman–Crippen MR) is 76.3 cm³/mol. The Kier molecular flexibility index (Phi) is 4.53. The number of nitrogens with zero attached hydrogens (tertiary/aromatic N) is 2. The van der Waals surface area contributed by atoms with Crippen LogP contribution in [-0.2, 0) is 13.5 Å². The molecule has 2 aromatic rings. The summed E-state index contributed by atoms with van der Waals surface area (Å²) in [7, 11) is 1.75. The lowest BCUT2D eigenvalue weighted by atomic mass is 10.0. The van der Waals surface area contributed by atoms with Crippen molar-refractivity contribution in [1.82, 2.24) is 15.1 Å². The van der Waals surface area contributed by atoms with E-state index in [1.807, 2.05) is 30.3 Å². The van der Waals surface area contributed by atoms with Gasteiger partial charge in [-0.25, -0.2) is 0 Å². The molecule has 0 saturated carbocycles. The van der Waals surface area contributed by atoms with Gasteiger partial charge in [-0.3, -0.25) is 9.48 Å². The van der Waals surface area contributed by atoms with E-state index in [1.165, 1.54) is 6.20 Å². The largest absolute Gasteiger partial charge is 0.391 e. The van der Waals surface area contributed by atoms with Gasteiger partial charge in [0.2, 0.25) is 0 Å². The number of carbonyl (C=O) groups is 1. The van der Waals surface area contributed by atoms with Crippen LogP contribution in [0.3, 0.4) is 0 Å². The average Bonchev–Trinajstić information content (AvgIpc) is 2.86. The Morgan fingerprint density at radius 2 is 2.10 bits per heavy atom. The molecule has 0 bridgehead atoms. The van der Waals surface area contributed by atoms with Gasteiger partial charge >= 0.3 is 0 Å². The molecule has 0 aliphatic heterocycles. The zero-order valence-corrected chi connectivity index (χ0v) is 11.7. The summed E-state index contributed by atoms with van der Waals surface area (Å²) in [4.78, 5) is 11.9. The number of amides is 1. The molecule has 1 aromatic heterocycles. The summed E-state index contributed by atoms with van der Waals surface area (Å²) in [5.74, 6) is -0.224. The molecule has 0 fully saturated rings. The van der Waals surface area contributed by atoms with Gasteiger partial charge in [0.25, 0.3) is 5.91 Å².